The van der Waals surface area contributed by atoms with Crippen molar-refractivity contribution < 1.29 is 19.8 Å². The van der Waals surface area contributed by atoms with Gasteiger partial charge in [0.15, 0.2) is 0 Å². The van der Waals surface area contributed by atoms with Crippen LogP contribution < -0.4 is 5.73 Å². The Balaban J connectivity index is 4.25. The van der Waals surface area contributed by atoms with Crippen molar-refractivity contribution in [1.29, 1.82) is 0 Å². The van der Waals surface area contributed by atoms with Crippen LogP contribution in [0.15, 0.2) is 0 Å². The van der Waals surface area contributed by atoms with E-state index in [1.807, 2.05) is 0 Å². The molecule has 4 N–H and O–H groups in total. The molecule has 0 aliphatic rings. The van der Waals surface area contributed by atoms with E-state index in [0.29, 0.717) is 0 Å². The first-order chi connectivity index (χ1) is 5.00. The molecule has 0 fully saturated rings. The molecule has 0 saturated heterocycles. The summed E-state index contributed by atoms with van der Waals surface area (Å²) in [5, 5.41) is 16.8. The van der Waals surface area contributed by atoms with Crippen LogP contribution in [0.4, 0.5) is 0 Å². The Labute approximate surface area is 63.8 Å². The molecule has 0 aromatic carbocycles. The minimum absolute atomic E-state index is 0.225. The summed E-state index contributed by atoms with van der Waals surface area (Å²) in [6.07, 6.45) is 0.225. The fourth-order valence-electron chi connectivity index (χ4n) is 0.754. The second kappa shape index (κ2) is 3.92. The molecule has 11 heavy (non-hydrogen) atoms. The van der Waals surface area contributed by atoms with Crippen LogP contribution in [-0.2, 0) is 9.59 Å². The predicted molar refractivity (Wildman–Crippen MR) is 37.0 cm³/mol. The first-order valence-electron chi connectivity index (χ1n) is 3.21. The first kappa shape index (κ1) is 9.90. The third-order valence-electron chi connectivity index (χ3n) is 1.48. The Kier molecular flexibility index (Phi) is 3.53. The summed E-state index contributed by atoms with van der Waals surface area (Å²) in [7, 11) is 0. The summed E-state index contributed by atoms with van der Waals surface area (Å²) in [5.74, 6) is -3.44. The molecule has 0 saturated carbocycles. The highest BCUT2D eigenvalue weighted by Gasteiger charge is 2.28. The van der Waals surface area contributed by atoms with Gasteiger partial charge in [0, 0.05) is 0 Å². The molecule has 5 nitrogen and oxygen atoms in total. The molecule has 0 aliphatic carbocycles. The van der Waals surface area contributed by atoms with Crippen molar-refractivity contribution in [1.82, 2.24) is 0 Å². The van der Waals surface area contributed by atoms with Gasteiger partial charge in [0.1, 0.15) is 6.04 Å². The van der Waals surface area contributed by atoms with Crippen LogP contribution in [0.3, 0.4) is 0 Å². The molecule has 0 bridgehead atoms. The van der Waals surface area contributed by atoms with Gasteiger partial charge in [0.2, 0.25) is 0 Å². The summed E-state index contributed by atoms with van der Waals surface area (Å²) in [6.45, 7) is 1.58. The number of aliphatic carboxylic acids is 2. The molecule has 5 heteroatoms. The molecule has 0 heterocycles. The molecular weight excluding hydrogens is 150 g/mol. The average Bonchev–Trinajstić information content (AvgIpc) is 1.88. The molecule has 64 valence electrons. The van der Waals surface area contributed by atoms with Crippen molar-refractivity contribution >= 4 is 11.9 Å². The number of hydrogen-bond acceptors (Lipinski definition) is 3. The molecule has 0 spiro atoms. The number of carboxylic acids is 2. The summed E-state index contributed by atoms with van der Waals surface area (Å²) < 4.78 is 0. The summed E-state index contributed by atoms with van der Waals surface area (Å²) in [4.78, 5) is 20.5. The molecule has 0 rings (SSSR count). The van der Waals surface area contributed by atoms with Gasteiger partial charge in [-0.25, -0.2) is 0 Å². The molecule has 2 atom stereocenters. The standard InChI is InChI=1S/C6H11NO4/c1-2-3(5(8)9)4(7)6(10)11/h3-4H,2,7H2,1H3,(H,8,9)(H,10,11). The number of nitrogens with two attached hydrogens (primary N) is 1. The average molecular weight is 161 g/mol. The summed E-state index contributed by atoms with van der Waals surface area (Å²) >= 11 is 0. The Morgan fingerprint density at radius 1 is 1.36 bits per heavy atom. The van der Waals surface area contributed by atoms with Crippen LogP contribution in [-0.4, -0.2) is 28.2 Å². The van der Waals surface area contributed by atoms with Gasteiger partial charge in [0.25, 0.3) is 0 Å². The highest BCUT2D eigenvalue weighted by Crippen LogP contribution is 2.06. The van der Waals surface area contributed by atoms with E-state index in [9.17, 15) is 9.59 Å². The fourth-order valence-corrected chi connectivity index (χ4v) is 0.754. The van der Waals surface area contributed by atoms with Crippen molar-refractivity contribution in [2.45, 2.75) is 19.4 Å². The molecule has 0 radical (unpaired) electrons. The summed E-state index contributed by atoms with van der Waals surface area (Å²) in [5.41, 5.74) is 5.09. The minimum Gasteiger partial charge on any atom is -0.481 e. The Hall–Kier alpha value is -1.10. The van der Waals surface area contributed by atoms with Gasteiger partial charge in [-0.2, -0.15) is 0 Å². The molecule has 0 aliphatic heterocycles. The van der Waals surface area contributed by atoms with Gasteiger partial charge in [-0.3, -0.25) is 9.59 Å². The van der Waals surface area contributed by atoms with E-state index in [0.717, 1.165) is 0 Å². The monoisotopic (exact) mass is 161 g/mol. The Morgan fingerprint density at radius 3 is 1.91 bits per heavy atom. The van der Waals surface area contributed by atoms with Gasteiger partial charge in [-0.1, -0.05) is 6.92 Å². The first-order valence-corrected chi connectivity index (χ1v) is 3.21. The van der Waals surface area contributed by atoms with E-state index in [1.165, 1.54) is 0 Å². The normalized spacial score (nSPS) is 15.5. The van der Waals surface area contributed by atoms with Crippen molar-refractivity contribution in [3.05, 3.63) is 0 Å². The van der Waals surface area contributed by atoms with Crippen LogP contribution in [0.5, 0.6) is 0 Å². The van der Waals surface area contributed by atoms with E-state index in [4.69, 9.17) is 15.9 Å². The third kappa shape index (κ3) is 2.55. The predicted octanol–water partition coefficient (Wildman–Crippen LogP) is -0.491. The minimum atomic E-state index is -1.31. The molecular formula is C6H11NO4. The van der Waals surface area contributed by atoms with Crippen LogP contribution in [0.2, 0.25) is 0 Å². The van der Waals surface area contributed by atoms with Crippen LogP contribution in [0, 0.1) is 5.92 Å². The van der Waals surface area contributed by atoms with Gasteiger partial charge >= 0.3 is 11.9 Å². The van der Waals surface area contributed by atoms with Crippen molar-refractivity contribution in [3.63, 3.8) is 0 Å². The third-order valence-corrected chi connectivity index (χ3v) is 1.48. The lowest BCUT2D eigenvalue weighted by molar-refractivity contribution is -0.150. The van der Waals surface area contributed by atoms with Gasteiger partial charge in [0.05, 0.1) is 5.92 Å². The molecule has 0 amide bonds. The van der Waals surface area contributed by atoms with Crippen LogP contribution in [0.25, 0.3) is 0 Å². The van der Waals surface area contributed by atoms with Crippen molar-refractivity contribution in [2.24, 2.45) is 11.7 Å². The molecule has 0 aromatic rings. The van der Waals surface area contributed by atoms with Gasteiger partial charge in [-0.15, -0.1) is 0 Å². The molecule has 2 unspecified atom stereocenters. The maximum Gasteiger partial charge on any atom is 0.321 e. The van der Waals surface area contributed by atoms with E-state index in [2.05, 4.69) is 0 Å². The highest BCUT2D eigenvalue weighted by molar-refractivity contribution is 5.82. The van der Waals surface area contributed by atoms with Gasteiger partial charge in [-0.05, 0) is 6.42 Å². The topological polar surface area (TPSA) is 101 Å². The molecule has 0 aromatic heterocycles. The zero-order valence-corrected chi connectivity index (χ0v) is 6.15. The van der Waals surface area contributed by atoms with E-state index < -0.39 is 23.9 Å². The largest absolute Gasteiger partial charge is 0.481 e. The van der Waals surface area contributed by atoms with Crippen LogP contribution >= 0.6 is 0 Å². The number of carboxylic acid groups (broad SMARTS) is 2. The quantitative estimate of drug-likeness (QED) is 0.516. The fraction of sp³-hybridized carbons (Fsp3) is 0.667. The lowest BCUT2D eigenvalue weighted by Crippen LogP contribution is -2.41. The highest BCUT2D eigenvalue weighted by atomic mass is 16.4. The smallest absolute Gasteiger partial charge is 0.321 e. The van der Waals surface area contributed by atoms with E-state index in [1.54, 1.807) is 6.92 Å². The number of rotatable bonds is 4. The maximum absolute atomic E-state index is 10.3. The van der Waals surface area contributed by atoms with E-state index >= 15 is 0 Å². The number of hydrogen-bond donors (Lipinski definition) is 3. The lowest BCUT2D eigenvalue weighted by atomic mass is 9.98. The Bertz CT molecular complexity index is 168. The second-order valence-electron chi connectivity index (χ2n) is 2.22. The second-order valence-corrected chi connectivity index (χ2v) is 2.22. The summed E-state index contributed by atoms with van der Waals surface area (Å²) in [6, 6.07) is -1.31. The van der Waals surface area contributed by atoms with Crippen molar-refractivity contribution in [3.8, 4) is 0 Å². The van der Waals surface area contributed by atoms with Gasteiger partial charge < -0.3 is 15.9 Å². The lowest BCUT2D eigenvalue weighted by Gasteiger charge is -2.13. The van der Waals surface area contributed by atoms with Crippen LogP contribution in [0.1, 0.15) is 13.3 Å². The zero-order valence-electron chi connectivity index (χ0n) is 6.15. The maximum atomic E-state index is 10.3. The SMILES string of the molecule is CCC(C(=O)O)C(N)C(=O)O. The number of carbonyl (C=O) groups is 2. The van der Waals surface area contributed by atoms with E-state index in [-0.39, 0.29) is 6.42 Å². The Morgan fingerprint density at radius 2 is 1.82 bits per heavy atom. The zero-order chi connectivity index (χ0) is 9.02. The van der Waals surface area contributed by atoms with Crippen molar-refractivity contribution in [2.75, 3.05) is 0 Å².